The largest absolute Gasteiger partial charge is 0.494 e. The summed E-state index contributed by atoms with van der Waals surface area (Å²) < 4.78 is 7.19. The molecule has 0 spiro atoms. The number of carbonyl (C=O) groups excluding carboxylic acids is 1. The van der Waals surface area contributed by atoms with Gasteiger partial charge in [0.2, 0.25) is 5.91 Å². The Morgan fingerprint density at radius 1 is 1.27 bits per heavy atom. The lowest BCUT2D eigenvalue weighted by atomic mass is 9.96. The second-order valence-electron chi connectivity index (χ2n) is 7.23. The van der Waals surface area contributed by atoms with Crippen molar-refractivity contribution < 1.29 is 14.5 Å². The predicted molar refractivity (Wildman–Crippen MR) is 110 cm³/mol. The number of non-ortho nitro benzene ring substituents is 1. The number of pyridine rings is 1. The van der Waals surface area contributed by atoms with Crippen LogP contribution in [0.15, 0.2) is 42.6 Å². The molecule has 10 nitrogen and oxygen atoms in total. The van der Waals surface area contributed by atoms with Crippen LogP contribution in [-0.2, 0) is 4.79 Å². The molecule has 156 valence electrons. The van der Waals surface area contributed by atoms with Crippen LogP contribution in [0.25, 0.3) is 5.65 Å². The molecule has 1 amide bonds. The molecular formula is C20H22N6O4. The number of anilines is 1. The molecule has 1 aromatic carbocycles. The van der Waals surface area contributed by atoms with E-state index in [1.54, 1.807) is 0 Å². The van der Waals surface area contributed by atoms with Crippen molar-refractivity contribution in [2.45, 2.75) is 18.8 Å². The van der Waals surface area contributed by atoms with Crippen LogP contribution in [0.4, 0.5) is 11.4 Å². The number of aromatic nitrogens is 3. The van der Waals surface area contributed by atoms with Crippen molar-refractivity contribution in [3.8, 4) is 5.75 Å². The number of piperidine rings is 1. The van der Waals surface area contributed by atoms with Gasteiger partial charge in [-0.15, -0.1) is 10.2 Å². The van der Waals surface area contributed by atoms with Gasteiger partial charge in [-0.25, -0.2) is 0 Å². The number of nitro groups is 1. The third-order valence-electron chi connectivity index (χ3n) is 5.33. The Morgan fingerprint density at radius 3 is 2.80 bits per heavy atom. The van der Waals surface area contributed by atoms with Crippen molar-refractivity contribution in [3.63, 3.8) is 0 Å². The standard InChI is InChI=1S/C20H22N6O4/c1-30-17-12-15(26(28)29)5-6-16(17)21-19(27)13-24-10-7-14(8-11-24)20-23-22-18-4-2-3-9-25(18)20/h2-6,9,12,14H,7-8,10-11,13H2,1H3,(H,21,27). The highest BCUT2D eigenvalue weighted by molar-refractivity contribution is 5.93. The topological polar surface area (TPSA) is 115 Å². The van der Waals surface area contributed by atoms with Crippen molar-refractivity contribution in [2.24, 2.45) is 0 Å². The van der Waals surface area contributed by atoms with E-state index in [-0.39, 0.29) is 23.9 Å². The van der Waals surface area contributed by atoms with Gasteiger partial charge in [-0.05, 0) is 44.1 Å². The number of methoxy groups -OCH3 is 1. The summed E-state index contributed by atoms with van der Waals surface area (Å²) in [6.07, 6.45) is 3.76. The fourth-order valence-electron chi connectivity index (χ4n) is 3.78. The Bertz CT molecular complexity index is 1070. The number of nitro benzene ring substituents is 1. The number of carbonyl (C=O) groups is 1. The zero-order valence-electron chi connectivity index (χ0n) is 16.5. The van der Waals surface area contributed by atoms with Gasteiger partial charge in [-0.3, -0.25) is 24.2 Å². The van der Waals surface area contributed by atoms with Crippen molar-refractivity contribution in [2.75, 3.05) is 32.1 Å². The van der Waals surface area contributed by atoms with Gasteiger partial charge in [0.05, 0.1) is 30.3 Å². The van der Waals surface area contributed by atoms with Gasteiger partial charge in [-0.1, -0.05) is 6.07 Å². The van der Waals surface area contributed by atoms with Crippen LogP contribution in [0.5, 0.6) is 5.75 Å². The maximum absolute atomic E-state index is 12.5. The molecule has 0 unspecified atom stereocenters. The second kappa shape index (κ2) is 8.46. The molecular weight excluding hydrogens is 388 g/mol. The van der Waals surface area contributed by atoms with Crippen molar-refractivity contribution in [1.29, 1.82) is 0 Å². The molecule has 1 aliphatic heterocycles. The lowest BCUT2D eigenvalue weighted by molar-refractivity contribution is -0.384. The van der Waals surface area contributed by atoms with E-state index in [1.165, 1.54) is 25.3 Å². The number of benzene rings is 1. The van der Waals surface area contributed by atoms with E-state index in [0.29, 0.717) is 11.6 Å². The number of hydrogen-bond donors (Lipinski definition) is 1. The van der Waals surface area contributed by atoms with Crippen LogP contribution < -0.4 is 10.1 Å². The normalized spacial score (nSPS) is 15.2. The van der Waals surface area contributed by atoms with Gasteiger partial charge in [0.1, 0.15) is 11.6 Å². The average molecular weight is 410 g/mol. The van der Waals surface area contributed by atoms with Crippen molar-refractivity contribution in [3.05, 3.63) is 58.5 Å². The molecule has 4 rings (SSSR count). The molecule has 3 aromatic rings. The number of amides is 1. The van der Waals surface area contributed by atoms with E-state index >= 15 is 0 Å². The van der Waals surface area contributed by atoms with Crippen LogP contribution in [0, 0.1) is 10.1 Å². The Kier molecular flexibility index (Phi) is 5.57. The molecule has 0 atom stereocenters. The van der Waals surface area contributed by atoms with Gasteiger partial charge in [0.25, 0.3) is 5.69 Å². The molecule has 1 fully saturated rings. The molecule has 0 bridgehead atoms. The minimum Gasteiger partial charge on any atom is -0.494 e. The summed E-state index contributed by atoms with van der Waals surface area (Å²) in [6.45, 7) is 1.79. The van der Waals surface area contributed by atoms with Crippen LogP contribution in [0.3, 0.4) is 0 Å². The van der Waals surface area contributed by atoms with E-state index in [2.05, 4.69) is 20.4 Å². The van der Waals surface area contributed by atoms with Crippen molar-refractivity contribution >= 4 is 22.9 Å². The minimum atomic E-state index is -0.503. The monoisotopic (exact) mass is 410 g/mol. The molecule has 0 aliphatic carbocycles. The van der Waals surface area contributed by atoms with E-state index in [0.717, 1.165) is 37.4 Å². The lowest BCUT2D eigenvalue weighted by Gasteiger charge is -2.30. The maximum atomic E-state index is 12.5. The van der Waals surface area contributed by atoms with Gasteiger partial charge in [0, 0.05) is 18.2 Å². The zero-order valence-corrected chi connectivity index (χ0v) is 16.5. The molecule has 1 saturated heterocycles. The minimum absolute atomic E-state index is 0.0899. The van der Waals surface area contributed by atoms with Crippen molar-refractivity contribution in [1.82, 2.24) is 19.5 Å². The predicted octanol–water partition coefficient (Wildman–Crippen LogP) is 2.46. The first-order valence-electron chi connectivity index (χ1n) is 9.69. The van der Waals surface area contributed by atoms with E-state index in [9.17, 15) is 14.9 Å². The third kappa shape index (κ3) is 4.08. The zero-order chi connectivity index (χ0) is 21.1. The van der Waals surface area contributed by atoms with Gasteiger partial charge in [-0.2, -0.15) is 0 Å². The fourth-order valence-corrected chi connectivity index (χ4v) is 3.78. The van der Waals surface area contributed by atoms with Crippen LogP contribution in [0.1, 0.15) is 24.6 Å². The molecule has 3 heterocycles. The number of fused-ring (bicyclic) bond motifs is 1. The van der Waals surface area contributed by atoms with E-state index in [1.807, 2.05) is 28.8 Å². The SMILES string of the molecule is COc1cc([N+](=O)[O-])ccc1NC(=O)CN1CCC(c2nnc3ccccn23)CC1. The molecule has 0 radical (unpaired) electrons. The summed E-state index contributed by atoms with van der Waals surface area (Å²) in [7, 11) is 1.41. The maximum Gasteiger partial charge on any atom is 0.273 e. The summed E-state index contributed by atoms with van der Waals surface area (Å²) in [5.41, 5.74) is 1.16. The molecule has 30 heavy (non-hydrogen) atoms. The van der Waals surface area contributed by atoms with Gasteiger partial charge in [0.15, 0.2) is 5.65 Å². The quantitative estimate of drug-likeness (QED) is 0.490. The number of nitrogens with zero attached hydrogens (tertiary/aromatic N) is 5. The number of ether oxygens (including phenoxy) is 1. The summed E-state index contributed by atoms with van der Waals surface area (Å²) in [4.78, 5) is 25.0. The first-order valence-corrected chi connectivity index (χ1v) is 9.69. The summed E-state index contributed by atoms with van der Waals surface area (Å²) >= 11 is 0. The second-order valence-corrected chi connectivity index (χ2v) is 7.23. The van der Waals surface area contributed by atoms with Crippen LogP contribution in [0.2, 0.25) is 0 Å². The highest BCUT2D eigenvalue weighted by Crippen LogP contribution is 2.30. The Balaban J connectivity index is 1.34. The summed E-state index contributed by atoms with van der Waals surface area (Å²) in [5, 5.41) is 22.3. The highest BCUT2D eigenvalue weighted by Gasteiger charge is 2.25. The van der Waals surface area contributed by atoms with E-state index in [4.69, 9.17) is 4.74 Å². The Morgan fingerprint density at radius 2 is 2.07 bits per heavy atom. The smallest absolute Gasteiger partial charge is 0.273 e. The summed E-state index contributed by atoms with van der Waals surface area (Å²) in [5.74, 6) is 1.34. The van der Waals surface area contributed by atoms with Gasteiger partial charge >= 0.3 is 0 Å². The average Bonchev–Trinajstić information content (AvgIpc) is 3.18. The fraction of sp³-hybridized carbons (Fsp3) is 0.350. The van der Waals surface area contributed by atoms with E-state index < -0.39 is 4.92 Å². The lowest BCUT2D eigenvalue weighted by Crippen LogP contribution is -2.39. The highest BCUT2D eigenvalue weighted by atomic mass is 16.6. The molecule has 2 aromatic heterocycles. The molecule has 10 heteroatoms. The van der Waals surface area contributed by atoms with Crippen LogP contribution in [-0.4, -0.2) is 57.1 Å². The number of nitrogens with one attached hydrogen (secondary N) is 1. The number of hydrogen-bond acceptors (Lipinski definition) is 7. The molecule has 1 N–H and O–H groups in total. The Labute approximate surface area is 172 Å². The number of likely N-dealkylation sites (tertiary alicyclic amines) is 1. The molecule has 1 aliphatic rings. The molecule has 0 saturated carbocycles. The Hall–Kier alpha value is -3.53. The first kappa shape index (κ1) is 19.8. The van der Waals surface area contributed by atoms with Crippen LogP contribution >= 0.6 is 0 Å². The number of rotatable bonds is 6. The summed E-state index contributed by atoms with van der Waals surface area (Å²) in [6, 6.07) is 9.96. The first-order chi connectivity index (χ1) is 14.5. The third-order valence-corrected chi connectivity index (χ3v) is 5.33. The van der Waals surface area contributed by atoms with Gasteiger partial charge < -0.3 is 10.1 Å².